The molecule has 1 N–H and O–H groups in total. The van der Waals surface area contributed by atoms with Crippen LogP contribution >= 0.6 is 0 Å². The first-order valence-electron chi connectivity index (χ1n) is 3.20. The molecule has 0 bridgehead atoms. The number of hydrogen-bond donors (Lipinski definition) is 1. The first kappa shape index (κ1) is 12.7. The van der Waals surface area contributed by atoms with Gasteiger partial charge in [-0.1, -0.05) is 13.3 Å². The van der Waals surface area contributed by atoms with Gasteiger partial charge >= 0.3 is 21.7 Å². The van der Waals surface area contributed by atoms with Crippen molar-refractivity contribution in [3.05, 3.63) is 31.5 Å². The molecule has 54 valence electrons. The standard InChI is InChI=1S/C4H4N.C4H9.Ti/c1-2-4-5-3-1;1-3-4-2;/h1-3,5H;1,3-4H2,2H3;/q2*-1;+2. The summed E-state index contributed by atoms with van der Waals surface area (Å²) >= 11 is 0. The molecular weight excluding hydrogens is 158 g/mol. The van der Waals surface area contributed by atoms with Gasteiger partial charge in [-0.05, 0) is 0 Å². The van der Waals surface area contributed by atoms with Crippen LogP contribution in [0.5, 0.6) is 0 Å². The van der Waals surface area contributed by atoms with E-state index in [1.807, 2.05) is 18.3 Å². The maximum absolute atomic E-state index is 3.60. The van der Waals surface area contributed by atoms with Gasteiger partial charge in [0, 0.05) is 0 Å². The second kappa shape index (κ2) is 11.8. The fourth-order valence-corrected chi connectivity index (χ4v) is 0.241. The van der Waals surface area contributed by atoms with Gasteiger partial charge in [0.15, 0.2) is 0 Å². The van der Waals surface area contributed by atoms with E-state index in [4.69, 9.17) is 0 Å². The zero-order valence-corrected chi connectivity index (χ0v) is 7.91. The Labute approximate surface area is 78.1 Å². The number of aromatic amines is 1. The van der Waals surface area contributed by atoms with Gasteiger partial charge in [-0.25, -0.2) is 0 Å². The molecular formula is C8H13NTi. The second-order valence-corrected chi connectivity index (χ2v) is 1.67. The number of rotatable bonds is 1. The Balaban J connectivity index is 0. The van der Waals surface area contributed by atoms with Crippen molar-refractivity contribution >= 4 is 0 Å². The van der Waals surface area contributed by atoms with Crippen molar-refractivity contribution in [1.29, 1.82) is 0 Å². The molecule has 0 spiro atoms. The molecule has 0 fully saturated rings. The summed E-state index contributed by atoms with van der Waals surface area (Å²) in [5, 5.41) is 0. The van der Waals surface area contributed by atoms with Gasteiger partial charge < -0.3 is 11.9 Å². The summed E-state index contributed by atoms with van der Waals surface area (Å²) in [5.41, 5.74) is 0. The summed E-state index contributed by atoms with van der Waals surface area (Å²) in [6.45, 7) is 5.72. The molecule has 0 radical (unpaired) electrons. The summed E-state index contributed by atoms with van der Waals surface area (Å²) in [4.78, 5) is 2.74. The van der Waals surface area contributed by atoms with Crippen LogP contribution in [0.3, 0.4) is 0 Å². The third-order valence-electron chi connectivity index (χ3n) is 0.796. The zero-order chi connectivity index (χ0) is 6.95. The Kier molecular flexibility index (Phi) is 14.9. The molecule has 0 saturated heterocycles. The van der Waals surface area contributed by atoms with Crippen LogP contribution in [0.1, 0.15) is 19.8 Å². The quantitative estimate of drug-likeness (QED) is 0.493. The van der Waals surface area contributed by atoms with Crippen molar-refractivity contribution in [1.82, 2.24) is 4.98 Å². The van der Waals surface area contributed by atoms with Gasteiger partial charge in [-0.2, -0.15) is 24.8 Å². The van der Waals surface area contributed by atoms with E-state index >= 15 is 0 Å². The van der Waals surface area contributed by atoms with Crippen LogP contribution in [0.2, 0.25) is 0 Å². The maximum atomic E-state index is 3.60. The topological polar surface area (TPSA) is 15.8 Å². The van der Waals surface area contributed by atoms with Crippen molar-refractivity contribution < 1.29 is 21.7 Å². The predicted molar refractivity (Wildman–Crippen MR) is 39.9 cm³/mol. The molecule has 1 rings (SSSR count). The van der Waals surface area contributed by atoms with E-state index < -0.39 is 0 Å². The second-order valence-electron chi connectivity index (χ2n) is 1.67. The van der Waals surface area contributed by atoms with E-state index in [0.29, 0.717) is 0 Å². The molecule has 1 nitrogen and oxygen atoms in total. The van der Waals surface area contributed by atoms with Crippen LogP contribution in [0.4, 0.5) is 0 Å². The fraction of sp³-hybridized carbons (Fsp3) is 0.375. The average Bonchev–Trinajstić information content (AvgIpc) is 2.43. The van der Waals surface area contributed by atoms with Crippen molar-refractivity contribution in [2.24, 2.45) is 0 Å². The zero-order valence-electron chi connectivity index (χ0n) is 6.35. The van der Waals surface area contributed by atoms with E-state index in [1.165, 1.54) is 6.42 Å². The minimum absolute atomic E-state index is 0. The number of H-pyrrole nitrogens is 1. The van der Waals surface area contributed by atoms with Crippen LogP contribution in [0, 0.1) is 13.1 Å². The molecule has 0 saturated carbocycles. The van der Waals surface area contributed by atoms with E-state index in [1.54, 1.807) is 0 Å². The summed E-state index contributed by atoms with van der Waals surface area (Å²) in [7, 11) is 0. The molecule has 0 atom stereocenters. The maximum Gasteiger partial charge on any atom is 2.00 e. The van der Waals surface area contributed by atoms with E-state index in [-0.39, 0.29) is 21.7 Å². The molecule has 10 heavy (non-hydrogen) atoms. The average molecular weight is 171 g/mol. The number of unbranched alkanes of at least 4 members (excludes halogenated alkanes) is 1. The van der Waals surface area contributed by atoms with Crippen LogP contribution in [-0.2, 0) is 21.7 Å². The molecule has 0 aliphatic heterocycles. The summed E-state index contributed by atoms with van der Waals surface area (Å²) in [6, 6.07) is 3.71. The molecule has 2 heteroatoms. The largest absolute Gasteiger partial charge is 2.00 e. The summed E-state index contributed by atoms with van der Waals surface area (Å²) in [5.74, 6) is 0. The predicted octanol–water partition coefficient (Wildman–Crippen LogP) is 2.43. The normalized spacial score (nSPS) is 7.00. The molecule has 0 aliphatic carbocycles. The number of nitrogens with one attached hydrogen (secondary N) is 1. The molecule has 0 amide bonds. The van der Waals surface area contributed by atoms with Crippen molar-refractivity contribution in [2.75, 3.05) is 0 Å². The van der Waals surface area contributed by atoms with Crippen LogP contribution in [-0.4, -0.2) is 4.98 Å². The first-order chi connectivity index (χ1) is 4.41. The number of hydrogen-bond acceptors (Lipinski definition) is 0. The minimum Gasteiger partial charge on any atom is -0.484 e. The third-order valence-corrected chi connectivity index (χ3v) is 0.796. The van der Waals surface area contributed by atoms with E-state index in [0.717, 1.165) is 6.42 Å². The van der Waals surface area contributed by atoms with Crippen molar-refractivity contribution in [3.8, 4) is 0 Å². The Bertz CT molecular complexity index is 84.8. The molecule has 0 aromatic carbocycles. The molecule has 1 aromatic heterocycles. The van der Waals surface area contributed by atoms with Gasteiger partial charge in [0.1, 0.15) is 0 Å². The SMILES string of the molecule is [CH2-]CCC.[Ti+2].[c-]1ccc[nH]1. The Morgan fingerprint density at radius 1 is 1.60 bits per heavy atom. The monoisotopic (exact) mass is 171 g/mol. The minimum atomic E-state index is 0. The van der Waals surface area contributed by atoms with Gasteiger partial charge in [-0.15, -0.1) is 6.20 Å². The Hall–Kier alpha value is -0.00571. The summed E-state index contributed by atoms with van der Waals surface area (Å²) < 4.78 is 0. The third kappa shape index (κ3) is 10.9. The molecule has 1 aromatic rings. The summed E-state index contributed by atoms with van der Waals surface area (Å²) in [6.07, 6.45) is 6.83. The first-order valence-corrected chi connectivity index (χ1v) is 3.20. The Morgan fingerprint density at radius 2 is 2.20 bits per heavy atom. The Morgan fingerprint density at radius 3 is 2.30 bits per heavy atom. The molecule has 0 aliphatic rings. The number of aromatic nitrogens is 1. The van der Waals surface area contributed by atoms with Gasteiger partial charge in [0.25, 0.3) is 0 Å². The van der Waals surface area contributed by atoms with Crippen LogP contribution < -0.4 is 0 Å². The van der Waals surface area contributed by atoms with Crippen molar-refractivity contribution in [3.63, 3.8) is 0 Å². The van der Waals surface area contributed by atoms with Crippen molar-refractivity contribution in [2.45, 2.75) is 19.8 Å². The van der Waals surface area contributed by atoms with Gasteiger partial charge in [-0.3, -0.25) is 0 Å². The van der Waals surface area contributed by atoms with E-state index in [2.05, 4.69) is 25.0 Å². The van der Waals surface area contributed by atoms with E-state index in [9.17, 15) is 0 Å². The van der Waals surface area contributed by atoms with Crippen LogP contribution in [0.15, 0.2) is 18.3 Å². The van der Waals surface area contributed by atoms with Gasteiger partial charge in [0.2, 0.25) is 0 Å². The fourth-order valence-electron chi connectivity index (χ4n) is 0.241. The molecule has 1 heterocycles. The van der Waals surface area contributed by atoms with Gasteiger partial charge in [0.05, 0.1) is 0 Å². The van der Waals surface area contributed by atoms with Crippen LogP contribution in [0.25, 0.3) is 0 Å². The smallest absolute Gasteiger partial charge is 0.484 e. The molecule has 0 unspecified atom stereocenters.